The SMILES string of the molecule is CC(C)NCC1(CC2CCCC2)CCCCC1. The number of hydrogen-bond acceptors (Lipinski definition) is 1. The topological polar surface area (TPSA) is 12.0 Å². The zero-order chi connectivity index (χ0) is 12.1. The van der Waals surface area contributed by atoms with Crippen LogP contribution in [-0.2, 0) is 0 Å². The highest BCUT2D eigenvalue weighted by Gasteiger charge is 2.34. The van der Waals surface area contributed by atoms with Gasteiger partial charge in [-0.1, -0.05) is 58.8 Å². The van der Waals surface area contributed by atoms with Gasteiger partial charge in [0.15, 0.2) is 0 Å². The second-order valence-electron chi connectivity index (χ2n) is 6.95. The molecule has 1 heteroatoms. The smallest absolute Gasteiger partial charge is 0.00106 e. The van der Waals surface area contributed by atoms with E-state index in [4.69, 9.17) is 0 Å². The van der Waals surface area contributed by atoms with E-state index in [1.54, 1.807) is 0 Å². The monoisotopic (exact) mass is 237 g/mol. The van der Waals surface area contributed by atoms with Gasteiger partial charge >= 0.3 is 0 Å². The normalized spacial score (nSPS) is 25.6. The van der Waals surface area contributed by atoms with E-state index in [1.165, 1.54) is 70.8 Å². The Balaban J connectivity index is 1.90. The minimum Gasteiger partial charge on any atom is -0.314 e. The van der Waals surface area contributed by atoms with Gasteiger partial charge in [-0.25, -0.2) is 0 Å². The van der Waals surface area contributed by atoms with Crippen LogP contribution in [0.4, 0.5) is 0 Å². The second kappa shape index (κ2) is 6.22. The van der Waals surface area contributed by atoms with Crippen molar-refractivity contribution in [2.45, 2.75) is 84.1 Å². The molecule has 0 amide bonds. The largest absolute Gasteiger partial charge is 0.314 e. The van der Waals surface area contributed by atoms with Gasteiger partial charge in [0.25, 0.3) is 0 Å². The Labute approximate surface area is 108 Å². The molecule has 0 atom stereocenters. The maximum atomic E-state index is 3.73. The first kappa shape index (κ1) is 13.4. The second-order valence-corrected chi connectivity index (χ2v) is 6.95. The Morgan fingerprint density at radius 1 is 1.00 bits per heavy atom. The molecule has 0 saturated heterocycles. The molecule has 0 aromatic heterocycles. The van der Waals surface area contributed by atoms with Gasteiger partial charge in [-0.15, -0.1) is 0 Å². The van der Waals surface area contributed by atoms with Crippen LogP contribution in [0.25, 0.3) is 0 Å². The van der Waals surface area contributed by atoms with Crippen molar-refractivity contribution in [2.75, 3.05) is 6.54 Å². The summed E-state index contributed by atoms with van der Waals surface area (Å²) in [5.41, 5.74) is 0.664. The first-order valence-electron chi connectivity index (χ1n) is 7.94. The third-order valence-electron chi connectivity index (χ3n) is 5.00. The van der Waals surface area contributed by atoms with E-state index in [1.807, 2.05) is 0 Å². The Bertz CT molecular complexity index is 210. The molecular weight excluding hydrogens is 206 g/mol. The molecule has 0 bridgehead atoms. The van der Waals surface area contributed by atoms with E-state index in [2.05, 4.69) is 19.2 Å². The molecule has 100 valence electrons. The highest BCUT2D eigenvalue weighted by Crippen LogP contribution is 2.44. The van der Waals surface area contributed by atoms with Crippen LogP contribution in [0.5, 0.6) is 0 Å². The number of hydrogen-bond donors (Lipinski definition) is 1. The molecule has 1 nitrogen and oxygen atoms in total. The standard InChI is InChI=1S/C16H31N/c1-14(2)17-13-16(10-6-3-7-11-16)12-15-8-4-5-9-15/h14-15,17H,3-13H2,1-2H3. The van der Waals surface area contributed by atoms with Gasteiger partial charge < -0.3 is 5.32 Å². The Morgan fingerprint density at radius 2 is 1.65 bits per heavy atom. The van der Waals surface area contributed by atoms with Gasteiger partial charge in [-0.05, 0) is 30.6 Å². The van der Waals surface area contributed by atoms with Crippen molar-refractivity contribution in [2.24, 2.45) is 11.3 Å². The molecule has 2 aliphatic rings. The van der Waals surface area contributed by atoms with Crippen LogP contribution >= 0.6 is 0 Å². The summed E-state index contributed by atoms with van der Waals surface area (Å²) in [6.45, 7) is 5.85. The Kier molecular flexibility index (Phi) is 4.90. The molecule has 0 aromatic carbocycles. The lowest BCUT2D eigenvalue weighted by Gasteiger charge is -2.40. The lowest BCUT2D eigenvalue weighted by atomic mass is 9.68. The average molecular weight is 237 g/mol. The molecular formula is C16H31N. The van der Waals surface area contributed by atoms with Crippen molar-refractivity contribution in [1.82, 2.24) is 5.32 Å². The van der Waals surface area contributed by atoms with Gasteiger partial charge in [-0.3, -0.25) is 0 Å². The first-order valence-corrected chi connectivity index (χ1v) is 7.94. The fourth-order valence-electron chi connectivity index (χ4n) is 4.00. The van der Waals surface area contributed by atoms with Gasteiger partial charge in [0.05, 0.1) is 0 Å². The zero-order valence-corrected chi connectivity index (χ0v) is 11.9. The van der Waals surface area contributed by atoms with E-state index in [0.717, 1.165) is 5.92 Å². The fraction of sp³-hybridized carbons (Fsp3) is 1.00. The molecule has 0 spiro atoms. The summed E-state index contributed by atoms with van der Waals surface area (Å²) in [5.74, 6) is 1.06. The third kappa shape index (κ3) is 3.98. The Morgan fingerprint density at radius 3 is 2.24 bits per heavy atom. The number of nitrogens with one attached hydrogen (secondary N) is 1. The maximum absolute atomic E-state index is 3.73. The fourth-order valence-corrected chi connectivity index (χ4v) is 4.00. The van der Waals surface area contributed by atoms with Gasteiger partial charge in [0.1, 0.15) is 0 Å². The van der Waals surface area contributed by atoms with Gasteiger partial charge in [0, 0.05) is 12.6 Å². The van der Waals surface area contributed by atoms with Crippen LogP contribution in [0.1, 0.15) is 78.1 Å². The van der Waals surface area contributed by atoms with Crippen molar-refractivity contribution in [3.63, 3.8) is 0 Å². The zero-order valence-electron chi connectivity index (χ0n) is 11.9. The highest BCUT2D eigenvalue weighted by atomic mass is 14.9. The molecule has 2 rings (SSSR count). The third-order valence-corrected chi connectivity index (χ3v) is 5.00. The van der Waals surface area contributed by atoms with E-state index in [0.29, 0.717) is 11.5 Å². The summed E-state index contributed by atoms with van der Waals surface area (Å²) in [6, 6.07) is 0.650. The van der Waals surface area contributed by atoms with Crippen molar-refractivity contribution in [3.05, 3.63) is 0 Å². The molecule has 1 N–H and O–H groups in total. The van der Waals surface area contributed by atoms with E-state index >= 15 is 0 Å². The maximum Gasteiger partial charge on any atom is 0.00106 e. The lowest BCUT2D eigenvalue weighted by Crippen LogP contribution is -2.40. The highest BCUT2D eigenvalue weighted by molar-refractivity contribution is 4.88. The molecule has 2 aliphatic carbocycles. The lowest BCUT2D eigenvalue weighted by molar-refractivity contribution is 0.135. The van der Waals surface area contributed by atoms with Crippen molar-refractivity contribution in [1.29, 1.82) is 0 Å². The molecule has 2 saturated carbocycles. The van der Waals surface area contributed by atoms with E-state index in [-0.39, 0.29) is 0 Å². The predicted molar refractivity (Wildman–Crippen MR) is 75.2 cm³/mol. The molecule has 0 radical (unpaired) electrons. The quantitative estimate of drug-likeness (QED) is 0.741. The summed E-state index contributed by atoms with van der Waals surface area (Å²) >= 11 is 0. The summed E-state index contributed by atoms with van der Waals surface area (Å²) in [7, 11) is 0. The summed E-state index contributed by atoms with van der Waals surface area (Å²) in [4.78, 5) is 0. The van der Waals surface area contributed by atoms with Crippen LogP contribution < -0.4 is 5.32 Å². The molecule has 0 unspecified atom stereocenters. The minimum absolute atomic E-state index is 0.650. The molecule has 0 aliphatic heterocycles. The molecule has 2 fully saturated rings. The van der Waals surface area contributed by atoms with Crippen molar-refractivity contribution in [3.8, 4) is 0 Å². The summed E-state index contributed by atoms with van der Waals surface area (Å²) in [6.07, 6.45) is 15.0. The first-order chi connectivity index (χ1) is 8.20. The molecule has 0 heterocycles. The number of rotatable bonds is 5. The summed E-state index contributed by atoms with van der Waals surface area (Å²) < 4.78 is 0. The van der Waals surface area contributed by atoms with E-state index in [9.17, 15) is 0 Å². The van der Waals surface area contributed by atoms with Crippen LogP contribution in [0.3, 0.4) is 0 Å². The van der Waals surface area contributed by atoms with Crippen LogP contribution in [0.2, 0.25) is 0 Å². The predicted octanol–water partition coefficient (Wildman–Crippen LogP) is 4.52. The average Bonchev–Trinajstić information content (AvgIpc) is 2.80. The van der Waals surface area contributed by atoms with Gasteiger partial charge in [-0.2, -0.15) is 0 Å². The Hall–Kier alpha value is -0.0400. The van der Waals surface area contributed by atoms with Gasteiger partial charge in [0.2, 0.25) is 0 Å². The van der Waals surface area contributed by atoms with Crippen molar-refractivity contribution >= 4 is 0 Å². The molecule has 0 aromatic rings. The van der Waals surface area contributed by atoms with E-state index < -0.39 is 0 Å². The van der Waals surface area contributed by atoms with Crippen LogP contribution in [0, 0.1) is 11.3 Å². The van der Waals surface area contributed by atoms with Crippen LogP contribution in [0.15, 0.2) is 0 Å². The van der Waals surface area contributed by atoms with Crippen molar-refractivity contribution < 1.29 is 0 Å². The molecule has 17 heavy (non-hydrogen) atoms. The van der Waals surface area contributed by atoms with Crippen LogP contribution in [-0.4, -0.2) is 12.6 Å². The minimum atomic E-state index is 0.650. The summed E-state index contributed by atoms with van der Waals surface area (Å²) in [5, 5.41) is 3.73.